The molecule has 0 unspecified atom stereocenters. The number of urea groups is 1. The van der Waals surface area contributed by atoms with Crippen molar-refractivity contribution in [2.24, 2.45) is 5.92 Å². The molecular formula is C16H20BrN3O4. The maximum absolute atomic E-state index is 12.3. The second-order valence-electron chi connectivity index (χ2n) is 5.61. The number of amides is 3. The average molecular weight is 398 g/mol. The van der Waals surface area contributed by atoms with Crippen LogP contribution in [0.25, 0.3) is 0 Å². The maximum atomic E-state index is 12.3. The minimum Gasteiger partial charge on any atom is -0.481 e. The van der Waals surface area contributed by atoms with Gasteiger partial charge in [-0.05, 0) is 40.9 Å². The molecule has 1 heterocycles. The Morgan fingerprint density at radius 2 is 1.88 bits per heavy atom. The van der Waals surface area contributed by atoms with Crippen molar-refractivity contribution >= 4 is 39.5 Å². The average Bonchev–Trinajstić information content (AvgIpc) is 2.56. The number of likely N-dealkylation sites (tertiary alicyclic amines) is 1. The molecule has 1 aromatic rings. The molecule has 24 heavy (non-hydrogen) atoms. The highest BCUT2D eigenvalue weighted by molar-refractivity contribution is 9.10. The number of nitrogens with one attached hydrogen (secondary N) is 2. The molecule has 1 aliphatic rings. The number of piperidine rings is 1. The van der Waals surface area contributed by atoms with Gasteiger partial charge < -0.3 is 20.6 Å². The second-order valence-corrected chi connectivity index (χ2v) is 6.46. The Labute approximate surface area is 148 Å². The van der Waals surface area contributed by atoms with Crippen molar-refractivity contribution in [2.45, 2.75) is 19.3 Å². The van der Waals surface area contributed by atoms with E-state index in [1.807, 2.05) is 24.3 Å². The monoisotopic (exact) mass is 397 g/mol. The van der Waals surface area contributed by atoms with Crippen LogP contribution in [0.2, 0.25) is 0 Å². The molecule has 0 atom stereocenters. The molecule has 130 valence electrons. The number of hydrogen-bond acceptors (Lipinski definition) is 3. The van der Waals surface area contributed by atoms with Crippen LogP contribution in [0.1, 0.15) is 19.3 Å². The smallest absolute Gasteiger partial charge is 0.317 e. The maximum Gasteiger partial charge on any atom is 0.317 e. The second kappa shape index (κ2) is 8.68. The summed E-state index contributed by atoms with van der Waals surface area (Å²) in [4.78, 5) is 36.3. The summed E-state index contributed by atoms with van der Waals surface area (Å²) in [6.45, 7) is 1.07. The van der Waals surface area contributed by atoms with E-state index in [0.717, 1.165) is 10.2 Å². The predicted octanol–water partition coefficient (Wildman–Crippen LogP) is 2.28. The number of para-hydroxylation sites is 1. The molecule has 0 bridgehead atoms. The van der Waals surface area contributed by atoms with Gasteiger partial charge in [-0.1, -0.05) is 12.1 Å². The zero-order valence-electron chi connectivity index (χ0n) is 13.1. The fraction of sp³-hybridized carbons (Fsp3) is 0.438. The van der Waals surface area contributed by atoms with Gasteiger partial charge in [0.25, 0.3) is 0 Å². The molecule has 1 fully saturated rings. The van der Waals surface area contributed by atoms with Crippen LogP contribution in [0.3, 0.4) is 0 Å². The quantitative estimate of drug-likeness (QED) is 0.709. The van der Waals surface area contributed by atoms with E-state index in [1.54, 1.807) is 4.90 Å². The normalized spacial score (nSPS) is 15.0. The van der Waals surface area contributed by atoms with Gasteiger partial charge in [-0.3, -0.25) is 9.59 Å². The molecule has 1 aromatic carbocycles. The van der Waals surface area contributed by atoms with Crippen LogP contribution in [-0.4, -0.2) is 47.5 Å². The van der Waals surface area contributed by atoms with Gasteiger partial charge >= 0.3 is 12.0 Å². The van der Waals surface area contributed by atoms with Gasteiger partial charge in [0.05, 0.1) is 12.1 Å². The van der Waals surface area contributed by atoms with Crippen LogP contribution >= 0.6 is 15.9 Å². The van der Waals surface area contributed by atoms with Gasteiger partial charge in [-0.25, -0.2) is 4.79 Å². The topological polar surface area (TPSA) is 98.7 Å². The van der Waals surface area contributed by atoms with Gasteiger partial charge in [0, 0.05) is 30.0 Å². The number of rotatable bonds is 5. The van der Waals surface area contributed by atoms with E-state index in [9.17, 15) is 14.4 Å². The van der Waals surface area contributed by atoms with Crippen molar-refractivity contribution in [2.75, 3.05) is 25.0 Å². The Kier molecular flexibility index (Phi) is 6.60. The molecule has 7 nitrogen and oxygen atoms in total. The summed E-state index contributed by atoms with van der Waals surface area (Å²) in [5, 5.41) is 14.0. The summed E-state index contributed by atoms with van der Waals surface area (Å²) < 4.78 is 0.827. The van der Waals surface area contributed by atoms with E-state index in [-0.39, 0.29) is 30.8 Å². The van der Waals surface area contributed by atoms with Gasteiger partial charge in [0.2, 0.25) is 5.91 Å². The summed E-state index contributed by atoms with van der Waals surface area (Å²) in [7, 11) is 0. The number of benzene rings is 1. The van der Waals surface area contributed by atoms with Crippen LogP contribution in [0, 0.1) is 5.92 Å². The Bertz CT molecular complexity index is 615. The van der Waals surface area contributed by atoms with Crippen molar-refractivity contribution < 1.29 is 19.5 Å². The van der Waals surface area contributed by atoms with E-state index in [0.29, 0.717) is 25.9 Å². The Morgan fingerprint density at radius 1 is 1.21 bits per heavy atom. The first-order chi connectivity index (χ1) is 11.5. The third-order valence-corrected chi connectivity index (χ3v) is 4.59. The predicted molar refractivity (Wildman–Crippen MR) is 92.7 cm³/mol. The molecule has 0 aliphatic carbocycles. The van der Waals surface area contributed by atoms with Crippen LogP contribution in [-0.2, 0) is 9.59 Å². The third-order valence-electron chi connectivity index (χ3n) is 3.90. The zero-order valence-corrected chi connectivity index (χ0v) is 14.7. The highest BCUT2D eigenvalue weighted by atomic mass is 79.9. The van der Waals surface area contributed by atoms with Crippen LogP contribution in [0.5, 0.6) is 0 Å². The first-order valence-electron chi connectivity index (χ1n) is 7.77. The first kappa shape index (κ1) is 18.3. The Morgan fingerprint density at radius 3 is 2.50 bits per heavy atom. The molecule has 0 spiro atoms. The van der Waals surface area contributed by atoms with Crippen molar-refractivity contribution in [1.29, 1.82) is 0 Å². The Hall–Kier alpha value is -2.09. The SMILES string of the molecule is O=C(O)CCNC(=O)N1CCC(C(=O)Nc2ccccc2Br)CC1. The number of carbonyl (C=O) groups excluding carboxylic acids is 2. The number of aliphatic carboxylic acids is 1. The summed E-state index contributed by atoms with van der Waals surface area (Å²) >= 11 is 3.39. The summed E-state index contributed by atoms with van der Waals surface area (Å²) in [5.74, 6) is -1.13. The van der Waals surface area contributed by atoms with E-state index < -0.39 is 5.97 Å². The molecule has 3 N–H and O–H groups in total. The lowest BCUT2D eigenvalue weighted by molar-refractivity contribution is -0.136. The van der Waals surface area contributed by atoms with Crippen molar-refractivity contribution in [3.63, 3.8) is 0 Å². The number of carboxylic acids is 1. The highest BCUT2D eigenvalue weighted by Gasteiger charge is 2.27. The van der Waals surface area contributed by atoms with E-state index in [2.05, 4.69) is 26.6 Å². The lowest BCUT2D eigenvalue weighted by Crippen LogP contribution is -2.46. The zero-order chi connectivity index (χ0) is 17.5. The summed E-state index contributed by atoms with van der Waals surface area (Å²) in [6, 6.07) is 7.14. The molecule has 2 rings (SSSR count). The minimum absolute atomic E-state index is 0.0483. The molecule has 1 saturated heterocycles. The summed E-state index contributed by atoms with van der Waals surface area (Å²) in [6.07, 6.45) is 1.07. The molecule has 0 saturated carbocycles. The van der Waals surface area contributed by atoms with Crippen molar-refractivity contribution in [1.82, 2.24) is 10.2 Å². The van der Waals surface area contributed by atoms with Crippen molar-refractivity contribution in [3.8, 4) is 0 Å². The number of halogens is 1. The summed E-state index contributed by atoms with van der Waals surface area (Å²) in [5.41, 5.74) is 0.733. The van der Waals surface area contributed by atoms with Gasteiger partial charge in [-0.2, -0.15) is 0 Å². The largest absolute Gasteiger partial charge is 0.481 e. The van der Waals surface area contributed by atoms with E-state index >= 15 is 0 Å². The molecule has 3 amide bonds. The molecular weight excluding hydrogens is 378 g/mol. The number of carbonyl (C=O) groups is 3. The van der Waals surface area contributed by atoms with Crippen LogP contribution in [0.15, 0.2) is 28.7 Å². The van der Waals surface area contributed by atoms with Crippen LogP contribution in [0.4, 0.5) is 10.5 Å². The lowest BCUT2D eigenvalue weighted by atomic mass is 9.96. The number of hydrogen-bond donors (Lipinski definition) is 3. The van der Waals surface area contributed by atoms with Gasteiger partial charge in [0.15, 0.2) is 0 Å². The van der Waals surface area contributed by atoms with E-state index in [4.69, 9.17) is 5.11 Å². The molecule has 0 radical (unpaired) electrons. The first-order valence-corrected chi connectivity index (χ1v) is 8.56. The number of carboxylic acid groups (broad SMARTS) is 1. The number of anilines is 1. The van der Waals surface area contributed by atoms with Gasteiger partial charge in [-0.15, -0.1) is 0 Å². The third kappa shape index (κ3) is 5.23. The van der Waals surface area contributed by atoms with E-state index in [1.165, 1.54) is 0 Å². The fourth-order valence-corrected chi connectivity index (χ4v) is 2.91. The number of nitrogens with zero attached hydrogens (tertiary/aromatic N) is 1. The van der Waals surface area contributed by atoms with Crippen LogP contribution < -0.4 is 10.6 Å². The Balaban J connectivity index is 1.77. The van der Waals surface area contributed by atoms with Gasteiger partial charge in [0.1, 0.15) is 0 Å². The minimum atomic E-state index is -0.947. The standard InChI is InChI=1S/C16H20BrN3O4/c17-12-3-1-2-4-13(12)19-15(23)11-6-9-20(10-7-11)16(24)18-8-5-14(21)22/h1-4,11H,5-10H2,(H,18,24)(H,19,23)(H,21,22). The molecule has 1 aliphatic heterocycles. The molecule has 8 heteroatoms. The highest BCUT2D eigenvalue weighted by Crippen LogP contribution is 2.24. The fourth-order valence-electron chi connectivity index (χ4n) is 2.53. The lowest BCUT2D eigenvalue weighted by Gasteiger charge is -2.31. The molecule has 0 aromatic heterocycles. The van der Waals surface area contributed by atoms with Crippen molar-refractivity contribution in [3.05, 3.63) is 28.7 Å².